The lowest BCUT2D eigenvalue weighted by atomic mass is 10.1. The normalized spacial score (nSPS) is 11.6. The Hall–Kier alpha value is -2.04. The van der Waals surface area contributed by atoms with Crippen LogP contribution in [-0.4, -0.2) is 16.6 Å². The summed E-state index contributed by atoms with van der Waals surface area (Å²) in [4.78, 5) is 12.2. The van der Waals surface area contributed by atoms with Gasteiger partial charge >= 0.3 is 0 Å². The number of hydrogen-bond acceptors (Lipinski definition) is 4. The van der Waals surface area contributed by atoms with Crippen molar-refractivity contribution in [3.63, 3.8) is 0 Å². The van der Waals surface area contributed by atoms with E-state index in [-0.39, 0.29) is 11.4 Å². The van der Waals surface area contributed by atoms with Gasteiger partial charge in [0.15, 0.2) is 11.5 Å². The average Bonchev–Trinajstić information content (AvgIpc) is 2.82. The minimum atomic E-state index is -0.318. The van der Waals surface area contributed by atoms with E-state index in [1.54, 1.807) is 19.1 Å². The zero-order valence-electron chi connectivity index (χ0n) is 10.9. The van der Waals surface area contributed by atoms with Crippen LogP contribution in [0.1, 0.15) is 36.9 Å². The van der Waals surface area contributed by atoms with Crippen molar-refractivity contribution in [1.82, 2.24) is 10.5 Å². The van der Waals surface area contributed by atoms with Gasteiger partial charge in [-0.3, -0.25) is 4.79 Å². The van der Waals surface area contributed by atoms with Gasteiger partial charge in [-0.1, -0.05) is 5.16 Å². The van der Waals surface area contributed by atoms with Crippen LogP contribution < -0.4 is 5.32 Å². The number of carbonyl (C=O) groups excluding carboxylic acids is 1. The molecule has 0 saturated heterocycles. The first-order chi connectivity index (χ1) is 8.38. The van der Waals surface area contributed by atoms with Crippen molar-refractivity contribution in [3.05, 3.63) is 29.7 Å². The fourth-order valence-electron chi connectivity index (χ4n) is 1.62. The standard InChI is InChI=1S/C13H16N2O3/c1-8-10(12(16)14-13(2,3)4)11(15-18-8)9-6-5-7-17-9/h5-7H,1-4H3,(H,14,16). The van der Waals surface area contributed by atoms with Gasteiger partial charge in [-0.05, 0) is 39.8 Å². The van der Waals surface area contributed by atoms with Gasteiger partial charge in [-0.15, -0.1) is 0 Å². The summed E-state index contributed by atoms with van der Waals surface area (Å²) in [6.07, 6.45) is 1.53. The summed E-state index contributed by atoms with van der Waals surface area (Å²) in [7, 11) is 0. The summed E-state index contributed by atoms with van der Waals surface area (Å²) >= 11 is 0. The lowest BCUT2D eigenvalue weighted by molar-refractivity contribution is 0.0918. The van der Waals surface area contributed by atoms with Crippen molar-refractivity contribution in [2.45, 2.75) is 33.2 Å². The molecule has 2 aromatic heterocycles. The highest BCUT2D eigenvalue weighted by Crippen LogP contribution is 2.25. The Kier molecular flexibility index (Phi) is 2.98. The molecular weight excluding hydrogens is 232 g/mol. The Morgan fingerprint density at radius 2 is 2.11 bits per heavy atom. The van der Waals surface area contributed by atoms with Gasteiger partial charge in [0.05, 0.1) is 6.26 Å². The summed E-state index contributed by atoms with van der Waals surface area (Å²) in [6, 6.07) is 3.48. The van der Waals surface area contributed by atoms with Crippen LogP contribution in [0.5, 0.6) is 0 Å². The largest absolute Gasteiger partial charge is 0.463 e. The molecule has 0 aromatic carbocycles. The molecule has 1 N–H and O–H groups in total. The summed E-state index contributed by atoms with van der Waals surface area (Å²) < 4.78 is 10.3. The highest BCUT2D eigenvalue weighted by atomic mass is 16.5. The number of nitrogens with zero attached hydrogens (tertiary/aromatic N) is 1. The van der Waals surface area contributed by atoms with Crippen molar-refractivity contribution >= 4 is 5.91 Å². The van der Waals surface area contributed by atoms with E-state index in [4.69, 9.17) is 8.94 Å². The third-order valence-electron chi connectivity index (χ3n) is 2.33. The van der Waals surface area contributed by atoms with Crippen molar-refractivity contribution in [2.75, 3.05) is 0 Å². The van der Waals surface area contributed by atoms with Crippen molar-refractivity contribution < 1.29 is 13.7 Å². The number of rotatable bonds is 2. The zero-order chi connectivity index (χ0) is 13.3. The number of nitrogens with one attached hydrogen (secondary N) is 1. The highest BCUT2D eigenvalue weighted by Gasteiger charge is 2.25. The van der Waals surface area contributed by atoms with Crippen LogP contribution in [0.3, 0.4) is 0 Å². The molecule has 0 fully saturated rings. The number of aromatic nitrogens is 1. The van der Waals surface area contributed by atoms with Gasteiger partial charge in [0, 0.05) is 5.54 Å². The van der Waals surface area contributed by atoms with Gasteiger partial charge < -0.3 is 14.3 Å². The molecule has 5 nitrogen and oxygen atoms in total. The molecule has 5 heteroatoms. The van der Waals surface area contributed by atoms with Gasteiger partial charge in [0.1, 0.15) is 11.3 Å². The third-order valence-corrected chi connectivity index (χ3v) is 2.33. The van der Waals surface area contributed by atoms with Gasteiger partial charge in [0.2, 0.25) is 0 Å². The molecule has 2 rings (SSSR count). The predicted octanol–water partition coefficient (Wildman–Crippen LogP) is 2.77. The van der Waals surface area contributed by atoms with Crippen LogP contribution in [0, 0.1) is 6.92 Å². The molecule has 0 aliphatic heterocycles. The van der Waals surface area contributed by atoms with Crippen LogP contribution in [-0.2, 0) is 0 Å². The van der Waals surface area contributed by atoms with Crippen molar-refractivity contribution in [2.24, 2.45) is 0 Å². The Balaban J connectivity index is 2.39. The van der Waals surface area contributed by atoms with E-state index in [0.29, 0.717) is 22.8 Å². The molecule has 0 unspecified atom stereocenters. The van der Waals surface area contributed by atoms with Crippen LogP contribution in [0.15, 0.2) is 27.3 Å². The lowest BCUT2D eigenvalue weighted by Crippen LogP contribution is -2.40. The summed E-state index contributed by atoms with van der Waals surface area (Å²) in [5.41, 5.74) is 0.528. The Labute approximate surface area is 105 Å². The lowest BCUT2D eigenvalue weighted by Gasteiger charge is -2.20. The highest BCUT2D eigenvalue weighted by molar-refractivity contribution is 6.00. The van der Waals surface area contributed by atoms with Crippen LogP contribution in [0.4, 0.5) is 0 Å². The minimum Gasteiger partial charge on any atom is -0.463 e. The summed E-state index contributed by atoms with van der Waals surface area (Å²) in [5, 5.41) is 6.76. The van der Waals surface area contributed by atoms with E-state index in [2.05, 4.69) is 10.5 Å². The molecule has 0 atom stereocenters. The number of carbonyl (C=O) groups is 1. The van der Waals surface area contributed by atoms with Gasteiger partial charge in [-0.25, -0.2) is 0 Å². The average molecular weight is 248 g/mol. The van der Waals surface area contributed by atoms with Crippen LogP contribution in [0.2, 0.25) is 0 Å². The predicted molar refractivity (Wildman–Crippen MR) is 66.2 cm³/mol. The molecule has 1 amide bonds. The van der Waals surface area contributed by atoms with Gasteiger partial charge in [0.25, 0.3) is 5.91 Å². The van der Waals surface area contributed by atoms with E-state index < -0.39 is 0 Å². The van der Waals surface area contributed by atoms with Crippen LogP contribution in [0.25, 0.3) is 11.5 Å². The molecule has 96 valence electrons. The van der Waals surface area contributed by atoms with Crippen molar-refractivity contribution in [1.29, 1.82) is 0 Å². The second kappa shape index (κ2) is 4.33. The van der Waals surface area contributed by atoms with E-state index in [1.165, 1.54) is 6.26 Å². The molecular formula is C13H16N2O3. The number of aryl methyl sites for hydroxylation is 1. The Bertz CT molecular complexity index is 547. The quantitative estimate of drug-likeness (QED) is 0.887. The van der Waals surface area contributed by atoms with Crippen LogP contribution >= 0.6 is 0 Å². The van der Waals surface area contributed by atoms with E-state index in [0.717, 1.165) is 0 Å². The molecule has 2 aromatic rings. The van der Waals surface area contributed by atoms with Crippen molar-refractivity contribution in [3.8, 4) is 11.5 Å². The first-order valence-electron chi connectivity index (χ1n) is 5.71. The number of amides is 1. The zero-order valence-corrected chi connectivity index (χ0v) is 10.9. The maximum atomic E-state index is 12.2. The first-order valence-corrected chi connectivity index (χ1v) is 5.71. The molecule has 0 bridgehead atoms. The maximum Gasteiger partial charge on any atom is 0.257 e. The first kappa shape index (κ1) is 12.4. The molecule has 0 saturated carbocycles. The molecule has 0 spiro atoms. The Morgan fingerprint density at radius 1 is 1.39 bits per heavy atom. The molecule has 0 radical (unpaired) electrons. The van der Waals surface area contributed by atoms with E-state index in [1.807, 2.05) is 20.8 Å². The fourth-order valence-corrected chi connectivity index (χ4v) is 1.62. The van der Waals surface area contributed by atoms with Gasteiger partial charge in [-0.2, -0.15) is 0 Å². The fraction of sp³-hybridized carbons (Fsp3) is 0.385. The molecule has 0 aliphatic carbocycles. The van der Waals surface area contributed by atoms with E-state index in [9.17, 15) is 4.79 Å². The summed E-state index contributed by atoms with van der Waals surface area (Å²) in [5.74, 6) is 0.779. The molecule has 2 heterocycles. The smallest absolute Gasteiger partial charge is 0.257 e. The Morgan fingerprint density at radius 3 is 2.67 bits per heavy atom. The van der Waals surface area contributed by atoms with E-state index >= 15 is 0 Å². The number of furan rings is 1. The maximum absolute atomic E-state index is 12.2. The topological polar surface area (TPSA) is 68.3 Å². The molecule has 0 aliphatic rings. The molecule has 18 heavy (non-hydrogen) atoms. The summed E-state index contributed by atoms with van der Waals surface area (Å²) in [6.45, 7) is 7.46. The minimum absolute atomic E-state index is 0.215. The third kappa shape index (κ3) is 2.45. The second-order valence-corrected chi connectivity index (χ2v) is 5.14. The SMILES string of the molecule is Cc1onc(-c2ccco2)c1C(=O)NC(C)(C)C. The monoisotopic (exact) mass is 248 g/mol. The second-order valence-electron chi connectivity index (χ2n) is 5.14. The number of hydrogen-bond donors (Lipinski definition) is 1.